The predicted octanol–water partition coefficient (Wildman–Crippen LogP) is 1.21. The molecule has 1 aromatic rings. The van der Waals surface area contributed by atoms with E-state index in [1.807, 2.05) is 11.3 Å². The Balaban J connectivity index is 1.52. The highest BCUT2D eigenvalue weighted by atomic mass is 32.1. The Morgan fingerprint density at radius 3 is 2.71 bits per heavy atom. The number of fused-ring (bicyclic) bond motifs is 3. The molecular formula is C15H24N4OS. The number of aromatic nitrogens is 1. The number of hydrogen-bond donors (Lipinski definition) is 1. The molecule has 0 spiro atoms. The minimum absolute atomic E-state index is 0.503. The van der Waals surface area contributed by atoms with Gasteiger partial charge in [-0.2, -0.15) is 0 Å². The van der Waals surface area contributed by atoms with Crippen LogP contribution in [0, 0.1) is 0 Å². The van der Waals surface area contributed by atoms with Crippen molar-refractivity contribution in [2.75, 3.05) is 39.8 Å². The molecule has 1 aromatic heterocycles. The molecule has 4 fully saturated rings. The van der Waals surface area contributed by atoms with Gasteiger partial charge in [0.15, 0.2) is 0 Å². The summed E-state index contributed by atoms with van der Waals surface area (Å²) in [5, 5.41) is 4.90. The minimum atomic E-state index is 0.503. The van der Waals surface area contributed by atoms with Gasteiger partial charge < -0.3 is 10.1 Å². The van der Waals surface area contributed by atoms with Gasteiger partial charge in [-0.3, -0.25) is 9.80 Å². The van der Waals surface area contributed by atoms with Crippen LogP contribution in [0.4, 0.5) is 0 Å². The largest absolute Gasteiger partial charge is 0.378 e. The molecule has 1 N–H and O–H groups in total. The van der Waals surface area contributed by atoms with Crippen molar-refractivity contribution in [2.45, 2.75) is 38.1 Å². The molecule has 21 heavy (non-hydrogen) atoms. The van der Waals surface area contributed by atoms with Gasteiger partial charge in [0.25, 0.3) is 0 Å². The van der Waals surface area contributed by atoms with E-state index in [4.69, 9.17) is 9.72 Å². The number of rotatable bonds is 6. The zero-order valence-electron chi connectivity index (χ0n) is 12.7. The van der Waals surface area contributed by atoms with Crippen molar-refractivity contribution in [3.05, 3.63) is 15.6 Å². The summed E-state index contributed by atoms with van der Waals surface area (Å²) < 4.78 is 5.35. The van der Waals surface area contributed by atoms with E-state index in [9.17, 15) is 0 Å². The molecule has 6 heteroatoms. The Bertz CT molecular complexity index is 494. The van der Waals surface area contributed by atoms with Crippen molar-refractivity contribution in [3.63, 3.8) is 0 Å². The van der Waals surface area contributed by atoms with Gasteiger partial charge >= 0.3 is 0 Å². The summed E-state index contributed by atoms with van der Waals surface area (Å²) in [4.78, 5) is 11.5. The molecule has 4 aliphatic rings. The lowest BCUT2D eigenvalue weighted by atomic mass is 10.1. The van der Waals surface area contributed by atoms with Crippen LogP contribution in [0.25, 0.3) is 0 Å². The van der Waals surface area contributed by atoms with Crippen molar-refractivity contribution in [3.8, 4) is 0 Å². The molecule has 1 saturated carbocycles. The molecule has 2 bridgehead atoms. The fourth-order valence-corrected chi connectivity index (χ4v) is 4.46. The summed E-state index contributed by atoms with van der Waals surface area (Å²) in [6, 6.07) is 1.24. The monoisotopic (exact) mass is 308 g/mol. The lowest BCUT2D eigenvalue weighted by Crippen LogP contribution is -2.56. The van der Waals surface area contributed by atoms with Crippen LogP contribution >= 0.6 is 11.3 Å². The molecule has 3 aliphatic heterocycles. The van der Waals surface area contributed by atoms with E-state index >= 15 is 0 Å². The molecule has 0 radical (unpaired) electrons. The van der Waals surface area contributed by atoms with Gasteiger partial charge in [-0.1, -0.05) is 0 Å². The molecule has 1 atom stereocenters. The van der Waals surface area contributed by atoms with E-state index in [2.05, 4.69) is 15.1 Å². The third-order valence-electron chi connectivity index (χ3n) is 4.77. The molecule has 116 valence electrons. The van der Waals surface area contributed by atoms with Crippen molar-refractivity contribution in [1.29, 1.82) is 0 Å². The third-order valence-corrected chi connectivity index (χ3v) is 5.97. The van der Waals surface area contributed by atoms with Crippen LogP contribution in [-0.4, -0.2) is 60.7 Å². The van der Waals surface area contributed by atoms with Crippen molar-refractivity contribution >= 4 is 11.3 Å². The molecule has 0 amide bonds. The Morgan fingerprint density at radius 2 is 2.10 bits per heavy atom. The second-order valence-corrected chi connectivity index (χ2v) is 7.48. The maximum Gasteiger partial charge on any atom is 0.112 e. The molecule has 5 rings (SSSR count). The van der Waals surface area contributed by atoms with E-state index in [-0.39, 0.29) is 0 Å². The average molecular weight is 308 g/mol. The normalized spacial score (nSPS) is 31.8. The first-order chi connectivity index (χ1) is 10.3. The van der Waals surface area contributed by atoms with Crippen molar-refractivity contribution in [1.82, 2.24) is 20.1 Å². The number of hydrogen-bond acceptors (Lipinski definition) is 6. The van der Waals surface area contributed by atoms with Crippen LogP contribution in [0.15, 0.2) is 0 Å². The number of piperazine rings is 3. The molecule has 3 saturated heterocycles. The molecule has 4 heterocycles. The van der Waals surface area contributed by atoms with Crippen LogP contribution in [0.5, 0.6) is 0 Å². The number of nitrogens with zero attached hydrogens (tertiary/aromatic N) is 3. The summed E-state index contributed by atoms with van der Waals surface area (Å²) in [5.74, 6) is 0. The number of methoxy groups -OCH3 is 1. The Kier molecular flexibility index (Phi) is 3.98. The molecule has 0 aromatic carbocycles. The Hall–Kier alpha value is -0.530. The van der Waals surface area contributed by atoms with Gasteiger partial charge in [0.2, 0.25) is 0 Å². The highest BCUT2D eigenvalue weighted by Gasteiger charge is 2.35. The maximum atomic E-state index is 5.35. The minimum Gasteiger partial charge on any atom is -0.378 e. The van der Waals surface area contributed by atoms with Gasteiger partial charge in [0.05, 0.1) is 18.3 Å². The van der Waals surface area contributed by atoms with E-state index in [1.165, 1.54) is 48.9 Å². The molecule has 1 aliphatic carbocycles. The van der Waals surface area contributed by atoms with Gasteiger partial charge in [-0.15, -0.1) is 11.3 Å². The van der Waals surface area contributed by atoms with Crippen LogP contribution in [-0.2, 0) is 17.9 Å². The van der Waals surface area contributed by atoms with Crippen molar-refractivity contribution in [2.24, 2.45) is 0 Å². The fraction of sp³-hybridized carbons (Fsp3) is 0.800. The zero-order chi connectivity index (χ0) is 14.2. The van der Waals surface area contributed by atoms with Crippen molar-refractivity contribution < 1.29 is 4.74 Å². The molecule has 5 nitrogen and oxygen atoms in total. The standard InChI is InChI=1S/C15H24N4OS/c1-20-10-12-14(8-16-11-2-3-11)21-15(17-12)13-9-18-4-6-19(13)7-5-18/h11,13,16H,2-10H2,1H3. The first kappa shape index (κ1) is 14.1. The molecule has 1 unspecified atom stereocenters. The highest BCUT2D eigenvalue weighted by Crippen LogP contribution is 2.33. The summed E-state index contributed by atoms with van der Waals surface area (Å²) in [7, 11) is 1.76. The third kappa shape index (κ3) is 3.00. The summed E-state index contributed by atoms with van der Waals surface area (Å²) in [5.41, 5.74) is 1.14. The fourth-order valence-electron chi connectivity index (χ4n) is 3.31. The molecular weight excluding hydrogens is 284 g/mol. The number of nitrogens with one attached hydrogen (secondary N) is 1. The maximum absolute atomic E-state index is 5.35. The van der Waals surface area contributed by atoms with Crippen LogP contribution in [0.1, 0.15) is 34.5 Å². The first-order valence-electron chi connectivity index (χ1n) is 8.00. The lowest BCUT2D eigenvalue weighted by Gasteiger charge is -2.46. The highest BCUT2D eigenvalue weighted by molar-refractivity contribution is 7.11. The Labute approximate surface area is 130 Å². The summed E-state index contributed by atoms with van der Waals surface area (Å²) in [6.07, 6.45) is 2.66. The van der Waals surface area contributed by atoms with E-state index in [1.54, 1.807) is 7.11 Å². The van der Waals surface area contributed by atoms with Gasteiger partial charge in [0.1, 0.15) is 5.01 Å². The predicted molar refractivity (Wildman–Crippen MR) is 83.4 cm³/mol. The first-order valence-corrected chi connectivity index (χ1v) is 8.82. The van der Waals surface area contributed by atoms with E-state index in [0.29, 0.717) is 12.6 Å². The van der Waals surface area contributed by atoms with Crippen LogP contribution in [0.3, 0.4) is 0 Å². The lowest BCUT2D eigenvalue weighted by molar-refractivity contribution is 0.0121. The smallest absolute Gasteiger partial charge is 0.112 e. The quantitative estimate of drug-likeness (QED) is 0.855. The average Bonchev–Trinajstić information content (AvgIpc) is 3.27. The number of ether oxygens (including phenoxy) is 1. The second-order valence-electron chi connectivity index (χ2n) is 6.36. The second kappa shape index (κ2) is 5.93. The zero-order valence-corrected chi connectivity index (χ0v) is 13.5. The van der Waals surface area contributed by atoms with Crippen LogP contribution < -0.4 is 5.32 Å². The van der Waals surface area contributed by atoms with Gasteiger partial charge in [-0.05, 0) is 12.8 Å². The SMILES string of the molecule is COCc1nc(C2CN3CCN2CC3)sc1CNC1CC1. The van der Waals surface area contributed by atoms with Gasteiger partial charge in [0, 0.05) is 57.3 Å². The summed E-state index contributed by atoms with van der Waals surface area (Å²) in [6.45, 7) is 7.58. The van der Waals surface area contributed by atoms with E-state index in [0.717, 1.165) is 24.8 Å². The van der Waals surface area contributed by atoms with E-state index < -0.39 is 0 Å². The van der Waals surface area contributed by atoms with Gasteiger partial charge in [-0.25, -0.2) is 4.98 Å². The van der Waals surface area contributed by atoms with Crippen LogP contribution in [0.2, 0.25) is 0 Å². The Morgan fingerprint density at radius 1 is 1.29 bits per heavy atom. The topological polar surface area (TPSA) is 40.6 Å². The summed E-state index contributed by atoms with van der Waals surface area (Å²) >= 11 is 1.89. The number of thiazole rings is 1.